The molecule has 0 aliphatic rings. The van der Waals surface area contributed by atoms with E-state index in [0.717, 1.165) is 27.6 Å². The van der Waals surface area contributed by atoms with Gasteiger partial charge in [0.05, 0.1) is 16.8 Å². The zero-order valence-electron chi connectivity index (χ0n) is 13.0. The minimum absolute atomic E-state index is 0.137. The summed E-state index contributed by atoms with van der Waals surface area (Å²) in [6.45, 7) is 1.94. The van der Waals surface area contributed by atoms with Gasteiger partial charge in [0.15, 0.2) is 0 Å². The molecule has 3 rings (SSSR count). The molecular weight excluding hydrogens is 360 g/mol. The van der Waals surface area contributed by atoms with E-state index in [1.54, 1.807) is 29.2 Å². The van der Waals surface area contributed by atoms with Crippen LogP contribution in [-0.2, 0) is 5.75 Å². The number of hydrogen-bond acceptors (Lipinski definition) is 4. The van der Waals surface area contributed by atoms with E-state index in [1.807, 2.05) is 54.2 Å². The largest absolute Gasteiger partial charge is 0.322 e. The Labute approximate surface area is 154 Å². The lowest BCUT2D eigenvalue weighted by Crippen LogP contribution is -2.13. The Balaban J connectivity index is 1.78. The van der Waals surface area contributed by atoms with Crippen LogP contribution in [0.2, 0.25) is 5.02 Å². The molecule has 0 unspecified atom stereocenters. The number of nitrogens with zero attached hydrogens (tertiary/aromatic N) is 1. The maximum Gasteiger partial charge on any atom is 0.256 e. The number of carbonyl (C=O) groups is 1. The quantitative estimate of drug-likeness (QED) is 0.587. The molecule has 0 bridgehead atoms. The summed E-state index contributed by atoms with van der Waals surface area (Å²) in [5, 5.41) is 5.57. The van der Waals surface area contributed by atoms with Crippen LogP contribution in [0.1, 0.15) is 21.6 Å². The number of hydrogen-bond donors (Lipinski definition) is 1. The van der Waals surface area contributed by atoms with Crippen LogP contribution in [0.4, 0.5) is 5.69 Å². The van der Waals surface area contributed by atoms with Crippen LogP contribution in [0.25, 0.3) is 0 Å². The van der Waals surface area contributed by atoms with Crippen LogP contribution in [-0.4, -0.2) is 10.9 Å². The number of thioether (sulfide) groups is 1. The highest BCUT2D eigenvalue weighted by molar-refractivity contribution is 7.98. The topological polar surface area (TPSA) is 42.0 Å². The van der Waals surface area contributed by atoms with Crippen LogP contribution in [0.15, 0.2) is 58.3 Å². The second-order valence-electron chi connectivity index (χ2n) is 5.18. The van der Waals surface area contributed by atoms with Gasteiger partial charge < -0.3 is 5.32 Å². The van der Waals surface area contributed by atoms with Crippen LogP contribution in [0.3, 0.4) is 0 Å². The molecule has 1 heterocycles. The molecule has 0 fully saturated rings. The molecule has 3 aromatic rings. The first-order valence-electron chi connectivity index (χ1n) is 7.30. The van der Waals surface area contributed by atoms with E-state index >= 15 is 0 Å². The second-order valence-corrected chi connectivity index (χ2v) is 7.35. The molecule has 1 aromatic heterocycles. The van der Waals surface area contributed by atoms with E-state index in [1.165, 1.54) is 0 Å². The number of rotatable bonds is 5. The number of halogens is 1. The number of aryl methyl sites for hydroxylation is 1. The number of thiazole rings is 1. The van der Waals surface area contributed by atoms with Crippen molar-refractivity contribution >= 4 is 46.3 Å². The van der Waals surface area contributed by atoms with Crippen molar-refractivity contribution in [1.82, 2.24) is 4.98 Å². The smallest absolute Gasteiger partial charge is 0.256 e. The first-order valence-corrected chi connectivity index (χ1v) is 9.60. The molecule has 122 valence electrons. The summed E-state index contributed by atoms with van der Waals surface area (Å²) in [6.07, 6.45) is 0. The van der Waals surface area contributed by atoms with Gasteiger partial charge in [-0.25, -0.2) is 4.98 Å². The Morgan fingerprint density at radius 3 is 2.92 bits per heavy atom. The fourth-order valence-electron chi connectivity index (χ4n) is 2.16. The average molecular weight is 375 g/mol. The lowest BCUT2D eigenvalue weighted by molar-refractivity contribution is 0.102. The standard InChI is InChI=1S/C18H15ClN2OS2/c1-12-6-7-13(19)8-16(12)21-18(22)15-4-2-3-5-17(15)24-10-14-9-23-11-20-14/h2-9,11H,10H2,1H3,(H,21,22). The number of amides is 1. The summed E-state index contributed by atoms with van der Waals surface area (Å²) in [5.41, 5.74) is 5.19. The predicted molar refractivity (Wildman–Crippen MR) is 102 cm³/mol. The molecule has 1 amide bonds. The Bertz CT molecular complexity index is 850. The lowest BCUT2D eigenvalue weighted by atomic mass is 10.1. The third-order valence-electron chi connectivity index (χ3n) is 3.44. The summed E-state index contributed by atoms with van der Waals surface area (Å²) >= 11 is 9.20. The van der Waals surface area contributed by atoms with Crippen molar-refractivity contribution in [3.63, 3.8) is 0 Å². The van der Waals surface area contributed by atoms with E-state index in [0.29, 0.717) is 10.6 Å². The summed E-state index contributed by atoms with van der Waals surface area (Å²) in [6, 6.07) is 13.1. The van der Waals surface area contributed by atoms with Gasteiger partial charge in [0.1, 0.15) is 0 Å². The third kappa shape index (κ3) is 4.17. The van der Waals surface area contributed by atoms with E-state index in [9.17, 15) is 4.79 Å². The van der Waals surface area contributed by atoms with E-state index in [4.69, 9.17) is 11.6 Å². The number of aromatic nitrogens is 1. The highest BCUT2D eigenvalue weighted by Crippen LogP contribution is 2.28. The van der Waals surface area contributed by atoms with Crippen LogP contribution < -0.4 is 5.32 Å². The van der Waals surface area contributed by atoms with Crippen molar-refractivity contribution in [1.29, 1.82) is 0 Å². The number of benzene rings is 2. The summed E-state index contributed by atoms with van der Waals surface area (Å²) in [7, 11) is 0. The van der Waals surface area contributed by atoms with Crippen LogP contribution in [0.5, 0.6) is 0 Å². The first-order chi connectivity index (χ1) is 11.6. The fraction of sp³-hybridized carbons (Fsp3) is 0.111. The van der Waals surface area contributed by atoms with Gasteiger partial charge in [0.25, 0.3) is 5.91 Å². The van der Waals surface area contributed by atoms with E-state index < -0.39 is 0 Å². The van der Waals surface area contributed by atoms with Gasteiger partial charge in [-0.05, 0) is 36.8 Å². The average Bonchev–Trinajstić information content (AvgIpc) is 3.10. The maximum atomic E-state index is 12.7. The monoisotopic (exact) mass is 374 g/mol. The first kappa shape index (κ1) is 17.0. The van der Waals surface area contributed by atoms with Crippen molar-refractivity contribution in [3.8, 4) is 0 Å². The maximum absolute atomic E-state index is 12.7. The normalized spacial score (nSPS) is 10.6. The number of nitrogens with one attached hydrogen (secondary N) is 1. The Hall–Kier alpha value is -1.82. The molecule has 0 saturated carbocycles. The van der Waals surface area contributed by atoms with Gasteiger partial charge in [-0.3, -0.25) is 4.79 Å². The molecule has 6 heteroatoms. The molecule has 0 spiro atoms. The number of anilines is 1. The summed E-state index contributed by atoms with van der Waals surface area (Å²) in [4.78, 5) is 17.9. The van der Waals surface area contributed by atoms with Gasteiger partial charge in [-0.1, -0.05) is 29.8 Å². The Kier molecular flexibility index (Phi) is 5.56. The van der Waals surface area contributed by atoms with Crippen LogP contribution in [0, 0.1) is 6.92 Å². The zero-order chi connectivity index (χ0) is 16.9. The zero-order valence-corrected chi connectivity index (χ0v) is 15.3. The number of carbonyl (C=O) groups excluding carboxylic acids is 1. The highest BCUT2D eigenvalue weighted by atomic mass is 35.5. The second kappa shape index (κ2) is 7.83. The van der Waals surface area contributed by atoms with Gasteiger partial charge >= 0.3 is 0 Å². The molecule has 24 heavy (non-hydrogen) atoms. The predicted octanol–water partition coefficient (Wildman–Crippen LogP) is 5.65. The summed E-state index contributed by atoms with van der Waals surface area (Å²) < 4.78 is 0. The molecule has 2 aromatic carbocycles. The fourth-order valence-corrected chi connectivity index (χ4v) is 3.95. The van der Waals surface area contributed by atoms with Crippen molar-refractivity contribution in [2.75, 3.05) is 5.32 Å². The molecule has 0 atom stereocenters. The molecule has 0 aliphatic heterocycles. The Morgan fingerprint density at radius 2 is 2.12 bits per heavy atom. The third-order valence-corrected chi connectivity index (χ3v) is 5.42. The molecule has 3 nitrogen and oxygen atoms in total. The highest BCUT2D eigenvalue weighted by Gasteiger charge is 2.13. The van der Waals surface area contributed by atoms with E-state index in [2.05, 4.69) is 10.3 Å². The molecule has 0 aliphatic carbocycles. The van der Waals surface area contributed by atoms with Crippen molar-refractivity contribution in [3.05, 3.63) is 75.2 Å². The minimum Gasteiger partial charge on any atom is -0.322 e. The summed E-state index contributed by atoms with van der Waals surface area (Å²) in [5.74, 6) is 0.603. The molecule has 0 saturated heterocycles. The van der Waals surface area contributed by atoms with Gasteiger partial charge in [0.2, 0.25) is 0 Å². The van der Waals surface area contributed by atoms with Crippen molar-refractivity contribution in [2.45, 2.75) is 17.6 Å². The minimum atomic E-state index is -0.137. The Morgan fingerprint density at radius 1 is 1.29 bits per heavy atom. The molecule has 1 N–H and O–H groups in total. The van der Waals surface area contributed by atoms with Crippen LogP contribution >= 0.6 is 34.7 Å². The van der Waals surface area contributed by atoms with Gasteiger partial charge in [-0.15, -0.1) is 23.1 Å². The van der Waals surface area contributed by atoms with Gasteiger partial charge in [-0.2, -0.15) is 0 Å². The SMILES string of the molecule is Cc1ccc(Cl)cc1NC(=O)c1ccccc1SCc1cscn1. The van der Waals surface area contributed by atoms with Gasteiger partial charge in [0, 0.05) is 26.7 Å². The molecular formula is C18H15ClN2OS2. The molecule has 0 radical (unpaired) electrons. The van der Waals surface area contributed by atoms with E-state index in [-0.39, 0.29) is 5.91 Å². The van der Waals surface area contributed by atoms with Crippen molar-refractivity contribution in [2.24, 2.45) is 0 Å². The van der Waals surface area contributed by atoms with Crippen molar-refractivity contribution < 1.29 is 4.79 Å². The lowest BCUT2D eigenvalue weighted by Gasteiger charge is -2.11.